The Bertz CT molecular complexity index is 576. The lowest BCUT2D eigenvalue weighted by atomic mass is 10.1. The van der Waals surface area contributed by atoms with Gasteiger partial charge in [0.15, 0.2) is 0 Å². The molecule has 6 heteroatoms. The van der Waals surface area contributed by atoms with Crippen LogP contribution in [0, 0.1) is 0 Å². The standard InChI is InChI=1S/C14H17N5O/c20-13(18-12-3-4-12)9-16-7-11-8-17-19-14(11)10-2-1-5-15-6-10/h1-2,5-6,8,12,16H,3-4,7,9H2,(H,17,19)(H,18,20). The Balaban J connectivity index is 1.55. The van der Waals surface area contributed by atoms with E-state index in [1.807, 2.05) is 12.1 Å². The molecule has 1 amide bonds. The van der Waals surface area contributed by atoms with Gasteiger partial charge in [-0.25, -0.2) is 0 Å². The van der Waals surface area contributed by atoms with Crippen LogP contribution in [0.25, 0.3) is 11.3 Å². The Morgan fingerprint density at radius 1 is 1.40 bits per heavy atom. The summed E-state index contributed by atoms with van der Waals surface area (Å²) < 4.78 is 0. The summed E-state index contributed by atoms with van der Waals surface area (Å²) in [7, 11) is 0. The SMILES string of the molecule is O=C(CNCc1cn[nH]c1-c1cccnc1)NC1CC1. The number of aromatic amines is 1. The summed E-state index contributed by atoms with van der Waals surface area (Å²) in [5, 5.41) is 13.1. The molecule has 20 heavy (non-hydrogen) atoms. The number of pyridine rings is 1. The molecule has 2 aromatic heterocycles. The largest absolute Gasteiger partial charge is 0.352 e. The van der Waals surface area contributed by atoms with Crippen LogP contribution in [-0.2, 0) is 11.3 Å². The second kappa shape index (κ2) is 5.83. The van der Waals surface area contributed by atoms with Gasteiger partial charge in [-0.1, -0.05) is 0 Å². The summed E-state index contributed by atoms with van der Waals surface area (Å²) in [6, 6.07) is 4.27. The number of aromatic nitrogens is 3. The summed E-state index contributed by atoms with van der Waals surface area (Å²) >= 11 is 0. The van der Waals surface area contributed by atoms with Crippen LogP contribution in [0.5, 0.6) is 0 Å². The van der Waals surface area contributed by atoms with Gasteiger partial charge in [0.1, 0.15) is 0 Å². The number of carbonyl (C=O) groups excluding carboxylic acids is 1. The molecule has 1 saturated carbocycles. The molecule has 1 aliphatic rings. The molecule has 2 heterocycles. The van der Waals surface area contributed by atoms with Gasteiger partial charge < -0.3 is 10.6 Å². The Kier molecular flexibility index (Phi) is 3.73. The molecule has 0 bridgehead atoms. The third-order valence-corrected chi connectivity index (χ3v) is 3.21. The summed E-state index contributed by atoms with van der Waals surface area (Å²) in [5.41, 5.74) is 2.95. The number of rotatable bonds is 6. The van der Waals surface area contributed by atoms with Crippen LogP contribution in [-0.4, -0.2) is 33.7 Å². The highest BCUT2D eigenvalue weighted by Gasteiger charge is 2.22. The molecular weight excluding hydrogens is 254 g/mol. The average molecular weight is 271 g/mol. The highest BCUT2D eigenvalue weighted by Crippen LogP contribution is 2.19. The van der Waals surface area contributed by atoms with Gasteiger partial charge in [-0.05, 0) is 25.0 Å². The van der Waals surface area contributed by atoms with Gasteiger partial charge in [0, 0.05) is 36.1 Å². The first-order chi connectivity index (χ1) is 9.83. The van der Waals surface area contributed by atoms with E-state index in [0.29, 0.717) is 19.1 Å². The number of hydrogen-bond acceptors (Lipinski definition) is 4. The lowest BCUT2D eigenvalue weighted by molar-refractivity contribution is -0.120. The monoisotopic (exact) mass is 271 g/mol. The second-order valence-corrected chi connectivity index (χ2v) is 4.96. The minimum atomic E-state index is 0.0546. The molecule has 3 rings (SSSR count). The molecule has 3 N–H and O–H groups in total. The van der Waals surface area contributed by atoms with Crippen LogP contribution in [0.2, 0.25) is 0 Å². The van der Waals surface area contributed by atoms with E-state index in [4.69, 9.17) is 0 Å². The van der Waals surface area contributed by atoms with Crippen LogP contribution in [0.15, 0.2) is 30.7 Å². The molecule has 0 saturated heterocycles. The predicted molar refractivity (Wildman–Crippen MR) is 74.7 cm³/mol. The third-order valence-electron chi connectivity index (χ3n) is 3.21. The van der Waals surface area contributed by atoms with E-state index in [1.54, 1.807) is 18.6 Å². The van der Waals surface area contributed by atoms with Gasteiger partial charge in [0.25, 0.3) is 0 Å². The quantitative estimate of drug-likeness (QED) is 0.727. The maximum absolute atomic E-state index is 11.6. The van der Waals surface area contributed by atoms with Crippen LogP contribution in [0.1, 0.15) is 18.4 Å². The summed E-state index contributed by atoms with van der Waals surface area (Å²) in [6.07, 6.45) is 7.52. The highest BCUT2D eigenvalue weighted by atomic mass is 16.2. The van der Waals surface area contributed by atoms with Crippen molar-refractivity contribution in [1.82, 2.24) is 25.8 Å². The summed E-state index contributed by atoms with van der Waals surface area (Å²) in [6.45, 7) is 0.924. The van der Waals surface area contributed by atoms with Crippen molar-refractivity contribution < 1.29 is 4.79 Å². The topological polar surface area (TPSA) is 82.7 Å². The number of H-pyrrole nitrogens is 1. The smallest absolute Gasteiger partial charge is 0.234 e. The van der Waals surface area contributed by atoms with Gasteiger partial charge in [-0.15, -0.1) is 0 Å². The first kappa shape index (κ1) is 12.8. The average Bonchev–Trinajstić information content (AvgIpc) is 3.15. The minimum absolute atomic E-state index is 0.0546. The zero-order valence-corrected chi connectivity index (χ0v) is 11.1. The van der Waals surface area contributed by atoms with E-state index in [2.05, 4.69) is 25.8 Å². The maximum atomic E-state index is 11.6. The van der Waals surface area contributed by atoms with Crippen molar-refractivity contribution >= 4 is 5.91 Å². The second-order valence-electron chi connectivity index (χ2n) is 4.96. The van der Waals surface area contributed by atoms with Gasteiger partial charge in [-0.3, -0.25) is 14.9 Å². The van der Waals surface area contributed by atoms with Crippen LogP contribution >= 0.6 is 0 Å². The van der Waals surface area contributed by atoms with Gasteiger partial charge in [0.2, 0.25) is 5.91 Å². The Morgan fingerprint density at radius 3 is 3.05 bits per heavy atom. The lowest BCUT2D eigenvalue weighted by Gasteiger charge is -2.06. The molecule has 0 radical (unpaired) electrons. The Morgan fingerprint density at radius 2 is 2.30 bits per heavy atom. The van der Waals surface area contributed by atoms with E-state index in [-0.39, 0.29) is 5.91 Å². The van der Waals surface area contributed by atoms with Crippen LogP contribution in [0.4, 0.5) is 0 Å². The molecule has 1 fully saturated rings. The van der Waals surface area contributed by atoms with E-state index in [0.717, 1.165) is 29.7 Å². The minimum Gasteiger partial charge on any atom is -0.352 e. The normalized spacial score (nSPS) is 14.2. The molecule has 0 aromatic carbocycles. The van der Waals surface area contributed by atoms with E-state index >= 15 is 0 Å². The predicted octanol–water partition coefficient (Wildman–Crippen LogP) is 0.840. The fourth-order valence-electron chi connectivity index (χ4n) is 2.02. The molecular formula is C14H17N5O. The third kappa shape index (κ3) is 3.21. The maximum Gasteiger partial charge on any atom is 0.234 e. The number of hydrogen-bond donors (Lipinski definition) is 3. The highest BCUT2D eigenvalue weighted by molar-refractivity contribution is 5.78. The molecule has 6 nitrogen and oxygen atoms in total. The van der Waals surface area contributed by atoms with E-state index in [9.17, 15) is 4.79 Å². The Labute approximate surface area is 117 Å². The van der Waals surface area contributed by atoms with Crippen molar-refractivity contribution in [3.8, 4) is 11.3 Å². The molecule has 0 unspecified atom stereocenters. The van der Waals surface area contributed by atoms with Crippen LogP contribution < -0.4 is 10.6 Å². The number of amides is 1. The van der Waals surface area contributed by atoms with Crippen molar-refractivity contribution in [2.45, 2.75) is 25.4 Å². The van der Waals surface area contributed by atoms with Crippen molar-refractivity contribution in [2.24, 2.45) is 0 Å². The van der Waals surface area contributed by atoms with Gasteiger partial charge in [0.05, 0.1) is 18.4 Å². The van der Waals surface area contributed by atoms with Crippen molar-refractivity contribution in [3.05, 3.63) is 36.3 Å². The molecule has 104 valence electrons. The van der Waals surface area contributed by atoms with E-state index < -0.39 is 0 Å². The zero-order chi connectivity index (χ0) is 13.8. The number of nitrogens with one attached hydrogen (secondary N) is 3. The van der Waals surface area contributed by atoms with Crippen LogP contribution in [0.3, 0.4) is 0 Å². The van der Waals surface area contributed by atoms with E-state index in [1.165, 1.54) is 0 Å². The molecule has 2 aromatic rings. The van der Waals surface area contributed by atoms with Gasteiger partial charge >= 0.3 is 0 Å². The number of carbonyl (C=O) groups is 1. The fraction of sp³-hybridized carbons (Fsp3) is 0.357. The van der Waals surface area contributed by atoms with Crippen molar-refractivity contribution in [1.29, 1.82) is 0 Å². The molecule has 1 aliphatic carbocycles. The van der Waals surface area contributed by atoms with Gasteiger partial charge in [-0.2, -0.15) is 5.10 Å². The first-order valence-electron chi connectivity index (χ1n) is 6.75. The fourth-order valence-corrected chi connectivity index (χ4v) is 2.02. The van der Waals surface area contributed by atoms with Crippen molar-refractivity contribution in [3.63, 3.8) is 0 Å². The molecule has 0 aliphatic heterocycles. The Hall–Kier alpha value is -2.21. The van der Waals surface area contributed by atoms with Crippen molar-refractivity contribution in [2.75, 3.05) is 6.54 Å². The zero-order valence-electron chi connectivity index (χ0n) is 11.1. The molecule has 0 atom stereocenters. The first-order valence-corrected chi connectivity index (χ1v) is 6.75. The molecule has 0 spiro atoms. The summed E-state index contributed by atoms with van der Waals surface area (Å²) in [4.78, 5) is 15.7. The number of nitrogens with zero attached hydrogens (tertiary/aromatic N) is 2. The summed E-state index contributed by atoms with van der Waals surface area (Å²) in [5.74, 6) is 0.0546. The lowest BCUT2D eigenvalue weighted by Crippen LogP contribution is -2.34.